The second-order valence-corrected chi connectivity index (χ2v) is 8.77. The minimum absolute atomic E-state index is 0.150. The molecule has 0 atom stereocenters. The van der Waals surface area contributed by atoms with Crippen LogP contribution in [0.1, 0.15) is 52.9 Å². The SMILES string of the molecule is CCCCOc1ccc(NC(=O)CCCCNS(=O)(=O)C(C)C)c(N)c1. The van der Waals surface area contributed by atoms with Crippen LogP contribution in [-0.4, -0.2) is 32.7 Å². The Morgan fingerprint density at radius 3 is 2.58 bits per heavy atom. The Morgan fingerprint density at radius 1 is 1.23 bits per heavy atom. The van der Waals surface area contributed by atoms with Crippen LogP contribution in [0.15, 0.2) is 18.2 Å². The van der Waals surface area contributed by atoms with Crippen molar-refractivity contribution in [2.75, 3.05) is 24.2 Å². The number of hydrogen-bond donors (Lipinski definition) is 3. The van der Waals surface area contributed by atoms with Crippen molar-refractivity contribution in [1.29, 1.82) is 0 Å². The van der Waals surface area contributed by atoms with E-state index in [1.165, 1.54) is 0 Å². The molecule has 0 unspecified atom stereocenters. The number of ether oxygens (including phenoxy) is 1. The molecule has 0 saturated heterocycles. The summed E-state index contributed by atoms with van der Waals surface area (Å²) in [5, 5.41) is 2.32. The number of benzene rings is 1. The van der Waals surface area contributed by atoms with E-state index in [1.54, 1.807) is 32.0 Å². The molecule has 1 aromatic carbocycles. The third-order valence-corrected chi connectivity index (χ3v) is 5.67. The van der Waals surface area contributed by atoms with E-state index in [0.29, 0.717) is 49.5 Å². The fourth-order valence-corrected chi connectivity index (χ4v) is 2.85. The van der Waals surface area contributed by atoms with E-state index < -0.39 is 15.3 Å². The summed E-state index contributed by atoms with van der Waals surface area (Å²) in [5.41, 5.74) is 6.96. The standard InChI is InChI=1S/C18H31N3O4S/c1-4-5-12-25-15-9-10-17(16(19)13-15)21-18(22)8-6-7-11-20-26(23,24)14(2)3/h9-10,13-14,20H,4-8,11-12,19H2,1-3H3,(H,21,22). The van der Waals surface area contributed by atoms with Crippen LogP contribution >= 0.6 is 0 Å². The molecule has 7 nitrogen and oxygen atoms in total. The lowest BCUT2D eigenvalue weighted by Gasteiger charge is -2.11. The molecule has 0 aliphatic rings. The van der Waals surface area contributed by atoms with Crippen LogP contribution in [0.3, 0.4) is 0 Å². The van der Waals surface area contributed by atoms with Crippen LogP contribution in [0.4, 0.5) is 11.4 Å². The van der Waals surface area contributed by atoms with E-state index in [4.69, 9.17) is 10.5 Å². The zero-order chi connectivity index (χ0) is 19.6. The zero-order valence-corrected chi connectivity index (χ0v) is 16.7. The maximum Gasteiger partial charge on any atom is 0.224 e. The molecular formula is C18H31N3O4S. The molecule has 0 saturated carbocycles. The molecule has 0 heterocycles. The number of nitrogen functional groups attached to an aromatic ring is 1. The number of hydrogen-bond acceptors (Lipinski definition) is 5. The first-order valence-electron chi connectivity index (χ1n) is 9.07. The summed E-state index contributed by atoms with van der Waals surface area (Å²) in [4.78, 5) is 12.0. The molecule has 0 fully saturated rings. The maximum absolute atomic E-state index is 12.0. The van der Waals surface area contributed by atoms with Crippen LogP contribution in [0, 0.1) is 0 Å². The summed E-state index contributed by atoms with van der Waals surface area (Å²) < 4.78 is 31.3. The van der Waals surface area contributed by atoms with Gasteiger partial charge in [0.05, 0.1) is 23.2 Å². The van der Waals surface area contributed by atoms with Gasteiger partial charge in [-0.2, -0.15) is 0 Å². The van der Waals surface area contributed by atoms with Crippen molar-refractivity contribution in [3.63, 3.8) is 0 Å². The monoisotopic (exact) mass is 385 g/mol. The lowest BCUT2D eigenvalue weighted by atomic mass is 10.2. The van der Waals surface area contributed by atoms with Gasteiger partial charge in [0, 0.05) is 19.0 Å². The Hall–Kier alpha value is -1.80. The molecule has 0 spiro atoms. The summed E-state index contributed by atoms with van der Waals surface area (Å²) in [6.07, 6.45) is 3.52. The summed E-state index contributed by atoms with van der Waals surface area (Å²) in [7, 11) is -3.24. The summed E-state index contributed by atoms with van der Waals surface area (Å²) in [6.45, 7) is 6.32. The number of nitrogens with two attached hydrogens (primary N) is 1. The van der Waals surface area contributed by atoms with Crippen molar-refractivity contribution < 1.29 is 17.9 Å². The first-order valence-corrected chi connectivity index (χ1v) is 10.6. The third kappa shape index (κ3) is 8.05. The van der Waals surface area contributed by atoms with E-state index in [0.717, 1.165) is 12.8 Å². The maximum atomic E-state index is 12.0. The van der Waals surface area contributed by atoms with E-state index in [2.05, 4.69) is 17.0 Å². The number of nitrogens with one attached hydrogen (secondary N) is 2. The third-order valence-electron chi connectivity index (χ3n) is 3.82. The highest BCUT2D eigenvalue weighted by atomic mass is 32.2. The van der Waals surface area contributed by atoms with Crippen LogP contribution in [0.2, 0.25) is 0 Å². The van der Waals surface area contributed by atoms with Gasteiger partial charge in [-0.05, 0) is 45.2 Å². The highest BCUT2D eigenvalue weighted by Crippen LogP contribution is 2.24. The number of unbranched alkanes of at least 4 members (excludes halogenated alkanes) is 2. The molecule has 0 aliphatic heterocycles. The van der Waals surface area contributed by atoms with Gasteiger partial charge in [0.15, 0.2) is 0 Å². The average molecular weight is 386 g/mol. The molecule has 0 aliphatic carbocycles. The quantitative estimate of drug-likeness (QED) is 0.378. The molecular weight excluding hydrogens is 354 g/mol. The highest BCUT2D eigenvalue weighted by molar-refractivity contribution is 7.90. The molecule has 4 N–H and O–H groups in total. The largest absolute Gasteiger partial charge is 0.494 e. The molecule has 0 radical (unpaired) electrons. The number of sulfonamides is 1. The topological polar surface area (TPSA) is 111 Å². The second-order valence-electron chi connectivity index (χ2n) is 6.44. The Labute approximate surface area is 156 Å². The van der Waals surface area contributed by atoms with E-state index in [1.807, 2.05) is 0 Å². The van der Waals surface area contributed by atoms with Crippen LogP contribution in [0.25, 0.3) is 0 Å². The predicted molar refractivity (Wildman–Crippen MR) is 106 cm³/mol. The summed E-state index contributed by atoms with van der Waals surface area (Å²) in [6, 6.07) is 5.21. The van der Waals surface area contributed by atoms with Crippen LogP contribution in [0.5, 0.6) is 5.75 Å². The van der Waals surface area contributed by atoms with Gasteiger partial charge in [-0.15, -0.1) is 0 Å². The van der Waals surface area contributed by atoms with Gasteiger partial charge in [0.1, 0.15) is 5.75 Å². The minimum atomic E-state index is -3.24. The lowest BCUT2D eigenvalue weighted by molar-refractivity contribution is -0.116. The van der Waals surface area contributed by atoms with Crippen LogP contribution in [-0.2, 0) is 14.8 Å². The van der Waals surface area contributed by atoms with E-state index in [9.17, 15) is 13.2 Å². The molecule has 1 rings (SSSR count). The van der Waals surface area contributed by atoms with Crippen molar-refractivity contribution in [2.45, 2.75) is 58.1 Å². The van der Waals surface area contributed by atoms with Gasteiger partial charge in [-0.1, -0.05) is 13.3 Å². The van der Waals surface area contributed by atoms with Gasteiger partial charge >= 0.3 is 0 Å². The van der Waals surface area contributed by atoms with Gasteiger partial charge < -0.3 is 15.8 Å². The smallest absolute Gasteiger partial charge is 0.224 e. The van der Waals surface area contributed by atoms with Gasteiger partial charge in [-0.3, -0.25) is 4.79 Å². The van der Waals surface area contributed by atoms with Crippen molar-refractivity contribution >= 4 is 27.3 Å². The van der Waals surface area contributed by atoms with Crippen molar-refractivity contribution in [3.8, 4) is 5.75 Å². The van der Waals surface area contributed by atoms with E-state index in [-0.39, 0.29) is 5.91 Å². The van der Waals surface area contributed by atoms with Crippen molar-refractivity contribution in [1.82, 2.24) is 4.72 Å². The molecule has 0 aromatic heterocycles. The van der Waals surface area contributed by atoms with Crippen LogP contribution < -0.4 is 20.5 Å². The number of carbonyl (C=O) groups excluding carboxylic acids is 1. The summed E-state index contributed by atoms with van der Waals surface area (Å²) in [5.74, 6) is 0.537. The first kappa shape index (κ1) is 22.2. The molecule has 1 amide bonds. The lowest BCUT2D eigenvalue weighted by Crippen LogP contribution is -2.31. The molecule has 0 bridgehead atoms. The number of amides is 1. The Morgan fingerprint density at radius 2 is 1.96 bits per heavy atom. The fraction of sp³-hybridized carbons (Fsp3) is 0.611. The predicted octanol–water partition coefficient (Wildman–Crippen LogP) is 2.88. The fourth-order valence-electron chi connectivity index (χ4n) is 2.08. The van der Waals surface area contributed by atoms with Gasteiger partial charge in [-0.25, -0.2) is 13.1 Å². The normalized spacial score (nSPS) is 11.5. The Balaban J connectivity index is 2.34. The zero-order valence-electron chi connectivity index (χ0n) is 15.9. The molecule has 1 aromatic rings. The van der Waals surface area contributed by atoms with E-state index >= 15 is 0 Å². The first-order chi connectivity index (χ1) is 12.3. The molecule has 148 valence electrons. The van der Waals surface area contributed by atoms with Gasteiger partial charge in [0.2, 0.25) is 15.9 Å². The Kier molecular flexibility index (Phi) is 9.43. The minimum Gasteiger partial charge on any atom is -0.494 e. The molecule has 8 heteroatoms. The average Bonchev–Trinajstić information content (AvgIpc) is 2.57. The van der Waals surface area contributed by atoms with Gasteiger partial charge in [0.25, 0.3) is 0 Å². The van der Waals surface area contributed by atoms with Crippen molar-refractivity contribution in [2.24, 2.45) is 0 Å². The number of carbonyl (C=O) groups is 1. The molecule has 26 heavy (non-hydrogen) atoms. The van der Waals surface area contributed by atoms with Crippen molar-refractivity contribution in [3.05, 3.63) is 18.2 Å². The number of anilines is 2. The Bertz CT molecular complexity index is 675. The highest BCUT2D eigenvalue weighted by Gasteiger charge is 2.14. The number of rotatable bonds is 12. The second kappa shape index (κ2) is 11.0. The summed E-state index contributed by atoms with van der Waals surface area (Å²) >= 11 is 0.